The predicted molar refractivity (Wildman–Crippen MR) is 71.4 cm³/mol. The van der Waals surface area contributed by atoms with Crippen molar-refractivity contribution in [1.82, 2.24) is 4.72 Å². The van der Waals surface area contributed by atoms with E-state index >= 15 is 0 Å². The molecule has 5 nitrogen and oxygen atoms in total. The Morgan fingerprint density at radius 2 is 2.00 bits per heavy atom. The summed E-state index contributed by atoms with van der Waals surface area (Å²) in [5.74, 6) is 5.33. The first kappa shape index (κ1) is 13.3. The van der Waals surface area contributed by atoms with Crippen molar-refractivity contribution in [3.63, 3.8) is 0 Å². The summed E-state index contributed by atoms with van der Waals surface area (Å²) in [6, 6.07) is 6.61. The van der Waals surface area contributed by atoms with Gasteiger partial charge in [0, 0.05) is 6.54 Å². The number of nitrogen functional groups attached to an aromatic ring is 1. The Morgan fingerprint density at radius 3 is 2.56 bits per heavy atom. The number of para-hydroxylation sites is 1. The van der Waals surface area contributed by atoms with E-state index in [4.69, 9.17) is 5.84 Å². The highest BCUT2D eigenvalue weighted by atomic mass is 32.2. The first-order valence-corrected chi connectivity index (χ1v) is 7.57. The van der Waals surface area contributed by atoms with Crippen molar-refractivity contribution in [2.45, 2.75) is 31.1 Å². The fourth-order valence-corrected chi connectivity index (χ4v) is 3.30. The van der Waals surface area contributed by atoms with Crippen molar-refractivity contribution in [2.24, 2.45) is 11.3 Å². The van der Waals surface area contributed by atoms with Gasteiger partial charge in [0.05, 0.1) is 5.69 Å². The molecule has 1 fully saturated rings. The van der Waals surface area contributed by atoms with Gasteiger partial charge >= 0.3 is 0 Å². The van der Waals surface area contributed by atoms with Crippen LogP contribution in [0.4, 0.5) is 5.69 Å². The molecule has 0 saturated heterocycles. The molecule has 1 saturated carbocycles. The molecule has 0 heterocycles. The lowest BCUT2D eigenvalue weighted by Gasteiger charge is -2.15. The summed E-state index contributed by atoms with van der Waals surface area (Å²) in [4.78, 5) is 0.194. The zero-order chi connectivity index (χ0) is 13.2. The monoisotopic (exact) mass is 269 g/mol. The van der Waals surface area contributed by atoms with Crippen LogP contribution in [-0.4, -0.2) is 15.0 Å². The molecule has 0 bridgehead atoms. The molecule has 0 unspecified atom stereocenters. The van der Waals surface area contributed by atoms with E-state index < -0.39 is 10.0 Å². The van der Waals surface area contributed by atoms with Gasteiger partial charge in [-0.2, -0.15) is 0 Å². The Balaban J connectivity index is 2.15. The summed E-state index contributed by atoms with van der Waals surface area (Å²) in [6.45, 7) is 2.60. The van der Waals surface area contributed by atoms with Crippen LogP contribution in [0.25, 0.3) is 0 Å². The van der Waals surface area contributed by atoms with Gasteiger partial charge in [0.15, 0.2) is 0 Å². The molecule has 1 aromatic carbocycles. The van der Waals surface area contributed by atoms with Gasteiger partial charge in [-0.05, 0) is 36.8 Å². The van der Waals surface area contributed by atoms with Crippen LogP contribution in [-0.2, 0) is 10.0 Å². The molecule has 100 valence electrons. The highest BCUT2D eigenvalue weighted by Crippen LogP contribution is 2.48. The summed E-state index contributed by atoms with van der Waals surface area (Å²) in [5, 5.41) is 0. The van der Waals surface area contributed by atoms with Crippen LogP contribution < -0.4 is 16.0 Å². The molecule has 18 heavy (non-hydrogen) atoms. The predicted octanol–water partition coefficient (Wildman–Crippen LogP) is 1.44. The quantitative estimate of drug-likeness (QED) is 0.539. The van der Waals surface area contributed by atoms with Crippen LogP contribution in [0.2, 0.25) is 0 Å². The highest BCUT2D eigenvalue weighted by Gasteiger charge is 2.41. The van der Waals surface area contributed by atoms with Crippen LogP contribution in [0.15, 0.2) is 29.2 Å². The Kier molecular flexibility index (Phi) is 3.61. The molecular formula is C12H19N3O2S. The number of hydrogen-bond donors (Lipinski definition) is 3. The lowest BCUT2D eigenvalue weighted by atomic mass is 10.1. The van der Waals surface area contributed by atoms with E-state index in [1.54, 1.807) is 24.3 Å². The molecular weight excluding hydrogens is 250 g/mol. The molecule has 0 aromatic heterocycles. The summed E-state index contributed by atoms with van der Waals surface area (Å²) in [6.07, 6.45) is 3.21. The van der Waals surface area contributed by atoms with Gasteiger partial charge in [0.1, 0.15) is 4.90 Å². The third-order valence-electron chi connectivity index (χ3n) is 3.68. The fraction of sp³-hybridized carbons (Fsp3) is 0.500. The average Bonchev–Trinajstić information content (AvgIpc) is 3.17. The minimum absolute atomic E-state index is 0.179. The van der Waals surface area contributed by atoms with Crippen molar-refractivity contribution >= 4 is 15.7 Å². The molecule has 2 rings (SSSR count). The molecule has 0 aliphatic heterocycles. The SMILES string of the molecule is CCC1(CNS(=O)(=O)c2ccccc2NN)CC1. The number of hydrazine groups is 1. The van der Waals surface area contributed by atoms with Crippen molar-refractivity contribution < 1.29 is 8.42 Å². The van der Waals surface area contributed by atoms with Crippen molar-refractivity contribution in [2.75, 3.05) is 12.0 Å². The summed E-state index contributed by atoms with van der Waals surface area (Å²) in [7, 11) is -3.50. The number of rotatable bonds is 6. The molecule has 0 amide bonds. The van der Waals surface area contributed by atoms with E-state index in [9.17, 15) is 8.42 Å². The lowest BCUT2D eigenvalue weighted by molar-refractivity contribution is 0.476. The number of anilines is 1. The first-order valence-electron chi connectivity index (χ1n) is 6.08. The largest absolute Gasteiger partial charge is 0.323 e. The van der Waals surface area contributed by atoms with Gasteiger partial charge in [-0.25, -0.2) is 13.1 Å². The topological polar surface area (TPSA) is 84.2 Å². The number of nitrogens with two attached hydrogens (primary N) is 1. The summed E-state index contributed by atoms with van der Waals surface area (Å²) >= 11 is 0. The molecule has 1 aliphatic rings. The number of nitrogens with one attached hydrogen (secondary N) is 2. The van der Waals surface area contributed by atoms with Gasteiger partial charge in [0.25, 0.3) is 0 Å². The van der Waals surface area contributed by atoms with Crippen LogP contribution in [0.1, 0.15) is 26.2 Å². The van der Waals surface area contributed by atoms with E-state index in [-0.39, 0.29) is 10.3 Å². The van der Waals surface area contributed by atoms with Crippen molar-refractivity contribution in [3.8, 4) is 0 Å². The number of hydrogen-bond acceptors (Lipinski definition) is 4. The third-order valence-corrected chi connectivity index (χ3v) is 5.14. The first-order chi connectivity index (χ1) is 8.53. The minimum Gasteiger partial charge on any atom is -0.323 e. The molecule has 1 aromatic rings. The number of sulfonamides is 1. The second-order valence-electron chi connectivity index (χ2n) is 4.82. The lowest BCUT2D eigenvalue weighted by Crippen LogP contribution is -2.30. The van der Waals surface area contributed by atoms with Gasteiger partial charge in [-0.15, -0.1) is 0 Å². The second-order valence-corrected chi connectivity index (χ2v) is 6.55. The summed E-state index contributed by atoms with van der Waals surface area (Å²) in [5.41, 5.74) is 3.00. The normalized spacial score (nSPS) is 17.4. The van der Waals surface area contributed by atoms with E-state index in [0.717, 1.165) is 19.3 Å². The third kappa shape index (κ3) is 2.66. The molecule has 6 heteroatoms. The Morgan fingerprint density at radius 1 is 1.33 bits per heavy atom. The highest BCUT2D eigenvalue weighted by molar-refractivity contribution is 7.89. The molecule has 0 spiro atoms. The van der Waals surface area contributed by atoms with Crippen LogP contribution in [0.3, 0.4) is 0 Å². The van der Waals surface area contributed by atoms with Gasteiger partial charge in [-0.3, -0.25) is 5.84 Å². The Labute approximate surface area is 108 Å². The molecule has 0 radical (unpaired) electrons. The molecule has 0 atom stereocenters. The van der Waals surface area contributed by atoms with Crippen LogP contribution in [0.5, 0.6) is 0 Å². The van der Waals surface area contributed by atoms with Crippen LogP contribution in [0, 0.1) is 5.41 Å². The molecule has 4 N–H and O–H groups in total. The zero-order valence-corrected chi connectivity index (χ0v) is 11.3. The molecule has 1 aliphatic carbocycles. The smallest absolute Gasteiger partial charge is 0.242 e. The van der Waals surface area contributed by atoms with E-state index in [2.05, 4.69) is 17.1 Å². The van der Waals surface area contributed by atoms with Gasteiger partial charge in [-0.1, -0.05) is 19.1 Å². The fourth-order valence-electron chi connectivity index (χ4n) is 1.98. The van der Waals surface area contributed by atoms with E-state index in [1.807, 2.05) is 0 Å². The van der Waals surface area contributed by atoms with Gasteiger partial charge in [0.2, 0.25) is 10.0 Å². The Hall–Kier alpha value is -1.11. The van der Waals surface area contributed by atoms with Crippen LogP contribution >= 0.6 is 0 Å². The minimum atomic E-state index is -3.50. The second kappa shape index (κ2) is 4.87. The maximum Gasteiger partial charge on any atom is 0.242 e. The van der Waals surface area contributed by atoms with E-state index in [0.29, 0.717) is 12.2 Å². The summed E-state index contributed by atoms with van der Waals surface area (Å²) < 4.78 is 27.1. The van der Waals surface area contributed by atoms with Crippen molar-refractivity contribution in [1.29, 1.82) is 0 Å². The zero-order valence-electron chi connectivity index (χ0n) is 10.4. The van der Waals surface area contributed by atoms with Gasteiger partial charge < -0.3 is 5.43 Å². The van der Waals surface area contributed by atoms with Crippen molar-refractivity contribution in [3.05, 3.63) is 24.3 Å². The number of benzene rings is 1. The average molecular weight is 269 g/mol. The van der Waals surface area contributed by atoms with E-state index in [1.165, 1.54) is 0 Å². The standard InChI is InChI=1S/C12H19N3O2S/c1-2-12(7-8-12)9-14-18(16,17)11-6-4-3-5-10(11)15-13/h3-6,14-15H,2,7-9,13H2,1H3. The maximum absolute atomic E-state index is 12.2. The maximum atomic E-state index is 12.2. The Bertz CT molecular complexity index is 524.